The van der Waals surface area contributed by atoms with Crippen LogP contribution in [0.25, 0.3) is 11.3 Å². The van der Waals surface area contributed by atoms with Crippen LogP contribution in [0.3, 0.4) is 0 Å². The number of carbonyl (C=O) groups is 2. The fourth-order valence-electron chi connectivity index (χ4n) is 3.18. The number of hydrogen-bond acceptors (Lipinski definition) is 4. The predicted molar refractivity (Wildman–Crippen MR) is 122 cm³/mol. The molecule has 3 aromatic rings. The van der Waals surface area contributed by atoms with Gasteiger partial charge in [-0.1, -0.05) is 24.3 Å². The molecule has 0 radical (unpaired) electrons. The molecule has 2 amide bonds. The van der Waals surface area contributed by atoms with E-state index >= 15 is 0 Å². The minimum Gasteiger partial charge on any atom is -0.326 e. The second-order valence-corrected chi connectivity index (χ2v) is 7.70. The Hall–Kier alpha value is -3.74. The highest BCUT2D eigenvalue weighted by atomic mass is 16.2. The maximum absolute atomic E-state index is 12.8. The number of rotatable bonds is 5. The van der Waals surface area contributed by atoms with E-state index in [0.717, 1.165) is 22.3 Å². The Kier molecular flexibility index (Phi) is 6.34. The minimum atomic E-state index is -0.812. The third-order valence-corrected chi connectivity index (χ3v) is 5.07. The average molecular weight is 418 g/mol. The van der Waals surface area contributed by atoms with Crippen LogP contribution in [0.1, 0.15) is 36.6 Å². The first kappa shape index (κ1) is 22.0. The fraction of sp³-hybridized carbons (Fsp3) is 0.250. The summed E-state index contributed by atoms with van der Waals surface area (Å²) >= 11 is 0. The number of nitrogens with zero attached hydrogens (tertiary/aromatic N) is 2. The van der Waals surface area contributed by atoms with Gasteiger partial charge in [-0.05, 0) is 62.6 Å². The van der Waals surface area contributed by atoms with Crippen molar-refractivity contribution >= 4 is 23.2 Å². The molecule has 31 heavy (non-hydrogen) atoms. The lowest BCUT2D eigenvalue weighted by Crippen LogP contribution is -2.33. The Balaban J connectivity index is 1.92. The van der Waals surface area contributed by atoms with Gasteiger partial charge in [0.2, 0.25) is 11.8 Å². The molecule has 2 N–H and O–H groups in total. The van der Waals surface area contributed by atoms with Crippen LogP contribution in [0.2, 0.25) is 0 Å². The van der Waals surface area contributed by atoms with Crippen LogP contribution in [-0.2, 0) is 9.59 Å². The van der Waals surface area contributed by atoms with Crippen molar-refractivity contribution in [2.75, 3.05) is 10.6 Å². The molecule has 2 aromatic carbocycles. The largest absolute Gasteiger partial charge is 0.326 e. The summed E-state index contributed by atoms with van der Waals surface area (Å²) in [5, 5.41) is 10.1. The van der Waals surface area contributed by atoms with E-state index in [1.807, 2.05) is 51.1 Å². The molecule has 160 valence electrons. The fourth-order valence-corrected chi connectivity index (χ4v) is 3.18. The van der Waals surface area contributed by atoms with Gasteiger partial charge < -0.3 is 10.6 Å². The second kappa shape index (κ2) is 8.95. The van der Waals surface area contributed by atoms with Gasteiger partial charge in [0.25, 0.3) is 5.56 Å². The number of amides is 2. The van der Waals surface area contributed by atoms with Crippen LogP contribution in [0.4, 0.5) is 11.4 Å². The number of nitrogens with one attached hydrogen (secondary N) is 2. The van der Waals surface area contributed by atoms with Crippen LogP contribution in [0.15, 0.2) is 53.3 Å². The van der Waals surface area contributed by atoms with Crippen LogP contribution in [0, 0.1) is 20.8 Å². The van der Waals surface area contributed by atoms with E-state index in [9.17, 15) is 14.4 Å². The summed E-state index contributed by atoms with van der Waals surface area (Å²) < 4.78 is 1.17. The highest BCUT2D eigenvalue weighted by Crippen LogP contribution is 2.24. The SMILES string of the molecule is CC(=O)Nc1cc(-c2ccc(=O)n([C@H](C)C(=O)Nc3cc(C)ccc3C)n2)ccc1C. The van der Waals surface area contributed by atoms with Gasteiger partial charge in [0, 0.05) is 29.9 Å². The Morgan fingerprint density at radius 2 is 1.55 bits per heavy atom. The van der Waals surface area contributed by atoms with E-state index in [4.69, 9.17) is 0 Å². The first-order valence-electron chi connectivity index (χ1n) is 10.0. The molecule has 1 aromatic heterocycles. The Labute approximate surface area is 181 Å². The molecule has 3 rings (SSSR count). The van der Waals surface area contributed by atoms with Crippen LogP contribution >= 0.6 is 0 Å². The zero-order valence-corrected chi connectivity index (χ0v) is 18.3. The minimum absolute atomic E-state index is 0.171. The number of aromatic nitrogens is 2. The van der Waals surface area contributed by atoms with E-state index in [2.05, 4.69) is 15.7 Å². The van der Waals surface area contributed by atoms with E-state index in [-0.39, 0.29) is 17.4 Å². The van der Waals surface area contributed by atoms with E-state index in [1.165, 1.54) is 17.7 Å². The number of hydrogen-bond donors (Lipinski definition) is 2. The van der Waals surface area contributed by atoms with Gasteiger partial charge in [0.1, 0.15) is 6.04 Å². The molecule has 1 atom stereocenters. The molecular weight excluding hydrogens is 392 g/mol. The number of benzene rings is 2. The van der Waals surface area contributed by atoms with Crippen molar-refractivity contribution in [1.82, 2.24) is 9.78 Å². The average Bonchev–Trinajstić information content (AvgIpc) is 2.72. The standard InChI is InChI=1S/C24H26N4O3/c1-14-6-7-15(2)21(12-14)26-24(31)17(4)28-23(30)11-10-20(27-28)19-9-8-16(3)22(13-19)25-18(5)29/h6-13,17H,1-5H3,(H,25,29)(H,26,31)/t17-/m1/s1. The van der Waals surface area contributed by atoms with Gasteiger partial charge in [0.15, 0.2) is 0 Å². The quantitative estimate of drug-likeness (QED) is 0.655. The lowest BCUT2D eigenvalue weighted by molar-refractivity contribution is -0.119. The van der Waals surface area contributed by atoms with Crippen molar-refractivity contribution in [1.29, 1.82) is 0 Å². The lowest BCUT2D eigenvalue weighted by Gasteiger charge is -2.17. The van der Waals surface area contributed by atoms with Crippen molar-refractivity contribution in [2.24, 2.45) is 0 Å². The van der Waals surface area contributed by atoms with Crippen LogP contribution in [0.5, 0.6) is 0 Å². The summed E-state index contributed by atoms with van der Waals surface area (Å²) in [5.74, 6) is -0.502. The van der Waals surface area contributed by atoms with Gasteiger partial charge in [-0.25, -0.2) is 4.68 Å². The molecular formula is C24H26N4O3. The molecule has 7 nitrogen and oxygen atoms in total. The Morgan fingerprint density at radius 3 is 2.23 bits per heavy atom. The molecule has 0 aliphatic carbocycles. The highest BCUT2D eigenvalue weighted by Gasteiger charge is 2.19. The summed E-state index contributed by atoms with van der Waals surface area (Å²) in [6.07, 6.45) is 0. The molecule has 0 saturated heterocycles. The maximum Gasteiger partial charge on any atom is 0.267 e. The molecule has 0 fully saturated rings. The van der Waals surface area contributed by atoms with Crippen molar-refractivity contribution in [3.63, 3.8) is 0 Å². The van der Waals surface area contributed by atoms with Crippen LogP contribution in [-0.4, -0.2) is 21.6 Å². The smallest absolute Gasteiger partial charge is 0.267 e. The Bertz CT molecular complexity index is 1210. The van der Waals surface area contributed by atoms with E-state index in [1.54, 1.807) is 19.1 Å². The van der Waals surface area contributed by atoms with Gasteiger partial charge in [-0.15, -0.1) is 0 Å². The van der Waals surface area contributed by atoms with Crippen molar-refractivity contribution in [3.05, 3.63) is 75.6 Å². The van der Waals surface area contributed by atoms with Gasteiger partial charge in [0.05, 0.1) is 5.69 Å². The van der Waals surface area contributed by atoms with E-state index < -0.39 is 6.04 Å². The third kappa shape index (κ3) is 5.06. The Morgan fingerprint density at radius 1 is 0.903 bits per heavy atom. The summed E-state index contributed by atoms with van der Waals surface area (Å²) in [6, 6.07) is 13.5. The van der Waals surface area contributed by atoms with E-state index in [0.29, 0.717) is 17.1 Å². The number of carbonyl (C=O) groups excluding carboxylic acids is 2. The molecule has 0 aliphatic heterocycles. The topological polar surface area (TPSA) is 93.1 Å². The van der Waals surface area contributed by atoms with Gasteiger partial charge >= 0.3 is 0 Å². The molecule has 7 heteroatoms. The number of aryl methyl sites for hydroxylation is 3. The predicted octanol–water partition coefficient (Wildman–Crippen LogP) is 3.99. The second-order valence-electron chi connectivity index (χ2n) is 7.70. The molecule has 0 aliphatic rings. The molecule has 0 saturated carbocycles. The third-order valence-electron chi connectivity index (χ3n) is 5.07. The zero-order chi connectivity index (χ0) is 22.7. The van der Waals surface area contributed by atoms with Gasteiger partial charge in [-0.3, -0.25) is 14.4 Å². The lowest BCUT2D eigenvalue weighted by atomic mass is 10.1. The molecule has 1 heterocycles. The monoisotopic (exact) mass is 418 g/mol. The van der Waals surface area contributed by atoms with Crippen molar-refractivity contribution in [3.8, 4) is 11.3 Å². The first-order valence-corrected chi connectivity index (χ1v) is 10.0. The molecule has 0 unspecified atom stereocenters. The normalized spacial score (nSPS) is 11.6. The summed E-state index contributed by atoms with van der Waals surface area (Å²) in [5.41, 5.74) is 5.13. The maximum atomic E-state index is 12.8. The number of anilines is 2. The summed E-state index contributed by atoms with van der Waals surface area (Å²) in [7, 11) is 0. The van der Waals surface area contributed by atoms with Crippen molar-refractivity contribution in [2.45, 2.75) is 40.7 Å². The molecule has 0 bridgehead atoms. The van der Waals surface area contributed by atoms with Gasteiger partial charge in [-0.2, -0.15) is 5.10 Å². The summed E-state index contributed by atoms with van der Waals surface area (Å²) in [6.45, 7) is 8.83. The van der Waals surface area contributed by atoms with Crippen LogP contribution < -0.4 is 16.2 Å². The highest BCUT2D eigenvalue weighted by molar-refractivity contribution is 5.94. The first-order chi connectivity index (χ1) is 14.7. The zero-order valence-electron chi connectivity index (χ0n) is 18.3. The molecule has 0 spiro atoms. The van der Waals surface area contributed by atoms with Crippen molar-refractivity contribution < 1.29 is 9.59 Å². The summed E-state index contributed by atoms with van der Waals surface area (Å²) in [4.78, 5) is 36.7.